The molecule has 104 valence electrons. The summed E-state index contributed by atoms with van der Waals surface area (Å²) in [6, 6.07) is 1.63. The van der Waals surface area contributed by atoms with Gasteiger partial charge in [0, 0.05) is 4.47 Å². The van der Waals surface area contributed by atoms with Crippen LogP contribution in [-0.2, 0) is 6.54 Å². The molecule has 3 rings (SSSR count). The van der Waals surface area contributed by atoms with E-state index in [2.05, 4.69) is 26.1 Å². The van der Waals surface area contributed by atoms with E-state index in [1.54, 1.807) is 6.07 Å². The highest BCUT2D eigenvalue weighted by atomic mass is 79.9. The maximum absolute atomic E-state index is 11.1. The molecule has 2 aromatic rings. The molecule has 0 atom stereocenters. The number of hydrogen-bond acceptors (Lipinski definition) is 7. The number of rotatable bonds is 3. The van der Waals surface area contributed by atoms with Gasteiger partial charge in [-0.25, -0.2) is 0 Å². The van der Waals surface area contributed by atoms with Crippen LogP contribution in [0.15, 0.2) is 15.1 Å². The number of carbonyl (C=O) groups excluding carboxylic acids is 1. The molecule has 0 saturated carbocycles. The van der Waals surface area contributed by atoms with Crippen molar-refractivity contribution in [2.24, 2.45) is 5.73 Å². The van der Waals surface area contributed by atoms with Gasteiger partial charge in [-0.15, -0.1) is 0 Å². The highest BCUT2D eigenvalue weighted by Gasteiger charge is 2.26. The van der Waals surface area contributed by atoms with Gasteiger partial charge in [-0.05, 0) is 22.0 Å². The number of nitrogens with two attached hydrogens (primary N) is 1. The largest absolute Gasteiger partial charge is 0.485 e. The van der Waals surface area contributed by atoms with Gasteiger partial charge in [0.05, 0.1) is 17.7 Å². The lowest BCUT2D eigenvalue weighted by Gasteiger charge is -2.22. The molecule has 0 radical (unpaired) electrons. The quantitative estimate of drug-likeness (QED) is 0.846. The number of carbonyl (C=O) groups is 1. The topological polar surface area (TPSA) is 100 Å². The number of halogens is 1. The Hall–Kier alpha value is -1.93. The molecule has 0 aliphatic carbocycles. The molecule has 1 aromatic heterocycles. The fourth-order valence-electron chi connectivity index (χ4n) is 1.94. The zero-order chi connectivity index (χ0) is 14.1. The highest BCUT2D eigenvalue weighted by Crippen LogP contribution is 2.45. The number of fused-ring (bicyclic) bond motifs is 1. The summed E-state index contributed by atoms with van der Waals surface area (Å²) < 4.78 is 16.7. The second kappa shape index (κ2) is 5.22. The van der Waals surface area contributed by atoms with Crippen LogP contribution in [-0.4, -0.2) is 29.6 Å². The van der Waals surface area contributed by atoms with E-state index < -0.39 is 0 Å². The summed E-state index contributed by atoms with van der Waals surface area (Å²) in [5.74, 6) is 1.47. The van der Waals surface area contributed by atoms with E-state index in [1.165, 1.54) is 0 Å². The number of aldehydes is 1. The highest BCUT2D eigenvalue weighted by molar-refractivity contribution is 9.10. The Balaban J connectivity index is 2.21. The van der Waals surface area contributed by atoms with Crippen molar-refractivity contribution in [3.63, 3.8) is 0 Å². The number of nitrogens with zero attached hydrogens (tertiary/aromatic N) is 2. The molecular formula is C12H10BrN3O4. The van der Waals surface area contributed by atoms with Crippen LogP contribution >= 0.6 is 15.9 Å². The van der Waals surface area contributed by atoms with Crippen molar-refractivity contribution in [2.75, 3.05) is 13.2 Å². The molecule has 8 heteroatoms. The lowest BCUT2D eigenvalue weighted by molar-refractivity contribution is 0.111. The van der Waals surface area contributed by atoms with Crippen LogP contribution < -0.4 is 15.2 Å². The first-order chi connectivity index (χ1) is 9.74. The smallest absolute Gasteiger partial charge is 0.240 e. The number of aromatic nitrogens is 2. The minimum Gasteiger partial charge on any atom is -0.485 e. The summed E-state index contributed by atoms with van der Waals surface area (Å²) in [5.41, 5.74) is 6.43. The molecule has 1 aliphatic heterocycles. The van der Waals surface area contributed by atoms with E-state index in [-0.39, 0.29) is 6.54 Å². The van der Waals surface area contributed by atoms with Gasteiger partial charge >= 0.3 is 0 Å². The first-order valence-electron chi connectivity index (χ1n) is 5.85. The van der Waals surface area contributed by atoms with Crippen LogP contribution in [0.4, 0.5) is 0 Å². The van der Waals surface area contributed by atoms with Crippen molar-refractivity contribution in [1.29, 1.82) is 0 Å². The van der Waals surface area contributed by atoms with Crippen LogP contribution in [0, 0.1) is 0 Å². The SMILES string of the molecule is NCc1nc(-c2c(Br)cc(C=O)c3c2OCCO3)no1. The third-order valence-electron chi connectivity index (χ3n) is 2.79. The Bertz CT molecular complexity index is 671. The molecule has 7 nitrogen and oxygen atoms in total. The van der Waals surface area contributed by atoms with Gasteiger partial charge in [0.1, 0.15) is 13.2 Å². The Kier molecular flexibility index (Phi) is 3.41. The van der Waals surface area contributed by atoms with Crippen molar-refractivity contribution >= 4 is 22.2 Å². The summed E-state index contributed by atoms with van der Waals surface area (Å²) in [6.07, 6.45) is 0.712. The molecule has 0 bridgehead atoms. The summed E-state index contributed by atoms with van der Waals surface area (Å²) in [7, 11) is 0. The van der Waals surface area contributed by atoms with Crippen molar-refractivity contribution in [2.45, 2.75) is 6.54 Å². The standard InChI is InChI=1S/C12H10BrN3O4/c13-7-3-6(5-17)10-11(19-2-1-18-10)9(7)12-15-8(4-14)20-16-12/h3,5H,1-2,4,14H2. The van der Waals surface area contributed by atoms with Crippen molar-refractivity contribution in [3.05, 3.63) is 22.0 Å². The first-order valence-corrected chi connectivity index (χ1v) is 6.64. The molecule has 1 aliphatic rings. The lowest BCUT2D eigenvalue weighted by atomic mass is 10.1. The molecule has 20 heavy (non-hydrogen) atoms. The van der Waals surface area contributed by atoms with Crippen molar-refractivity contribution in [1.82, 2.24) is 10.1 Å². The fraction of sp³-hybridized carbons (Fsp3) is 0.250. The summed E-state index contributed by atoms with van der Waals surface area (Å²) in [6.45, 7) is 0.919. The van der Waals surface area contributed by atoms with Crippen LogP contribution in [0.25, 0.3) is 11.4 Å². The Morgan fingerprint density at radius 1 is 1.35 bits per heavy atom. The van der Waals surface area contributed by atoms with Crippen LogP contribution in [0.3, 0.4) is 0 Å². The minimum atomic E-state index is 0.149. The summed E-state index contributed by atoms with van der Waals surface area (Å²) >= 11 is 3.39. The minimum absolute atomic E-state index is 0.149. The number of ether oxygens (including phenoxy) is 2. The maximum Gasteiger partial charge on any atom is 0.240 e. The zero-order valence-electron chi connectivity index (χ0n) is 10.3. The van der Waals surface area contributed by atoms with Gasteiger partial charge in [0.25, 0.3) is 0 Å². The molecule has 2 heterocycles. The molecule has 0 fully saturated rings. The average Bonchev–Trinajstić information content (AvgIpc) is 2.94. The van der Waals surface area contributed by atoms with Crippen molar-refractivity contribution < 1.29 is 18.8 Å². The zero-order valence-corrected chi connectivity index (χ0v) is 11.8. The molecule has 0 amide bonds. The van der Waals surface area contributed by atoms with Crippen LogP contribution in [0.2, 0.25) is 0 Å². The Morgan fingerprint density at radius 2 is 2.10 bits per heavy atom. The van der Waals surface area contributed by atoms with Gasteiger partial charge in [-0.2, -0.15) is 4.98 Å². The van der Waals surface area contributed by atoms with E-state index in [9.17, 15) is 4.79 Å². The summed E-state index contributed by atoms with van der Waals surface area (Å²) in [4.78, 5) is 15.3. The average molecular weight is 340 g/mol. The van der Waals surface area contributed by atoms with Gasteiger partial charge in [-0.3, -0.25) is 4.79 Å². The van der Waals surface area contributed by atoms with E-state index in [0.717, 1.165) is 0 Å². The number of benzene rings is 1. The predicted octanol–water partition coefficient (Wildman–Crippen LogP) is 1.54. The molecule has 2 N–H and O–H groups in total. The normalized spacial score (nSPS) is 13.3. The molecule has 1 aromatic carbocycles. The Labute approximate surface area is 122 Å². The van der Waals surface area contributed by atoms with Gasteiger partial charge < -0.3 is 19.7 Å². The maximum atomic E-state index is 11.1. The van der Waals surface area contributed by atoms with Gasteiger partial charge in [0.15, 0.2) is 17.8 Å². The Morgan fingerprint density at radius 3 is 2.75 bits per heavy atom. The molecular weight excluding hydrogens is 330 g/mol. The predicted molar refractivity (Wildman–Crippen MR) is 71.7 cm³/mol. The molecule has 0 unspecified atom stereocenters. The van der Waals surface area contributed by atoms with E-state index in [4.69, 9.17) is 19.7 Å². The molecule has 0 spiro atoms. The van der Waals surface area contributed by atoms with Crippen LogP contribution in [0.5, 0.6) is 11.5 Å². The first kappa shape index (κ1) is 13.1. The van der Waals surface area contributed by atoms with E-state index in [0.29, 0.717) is 58.3 Å². The molecule has 0 saturated heterocycles. The van der Waals surface area contributed by atoms with Gasteiger partial charge in [-0.1, -0.05) is 5.16 Å². The second-order valence-electron chi connectivity index (χ2n) is 4.01. The number of hydrogen-bond donors (Lipinski definition) is 1. The van der Waals surface area contributed by atoms with E-state index in [1.807, 2.05) is 0 Å². The van der Waals surface area contributed by atoms with E-state index >= 15 is 0 Å². The fourth-order valence-corrected chi connectivity index (χ4v) is 2.54. The third-order valence-corrected chi connectivity index (χ3v) is 3.41. The lowest BCUT2D eigenvalue weighted by Crippen LogP contribution is -2.17. The monoisotopic (exact) mass is 339 g/mol. The second-order valence-corrected chi connectivity index (χ2v) is 4.87. The summed E-state index contributed by atoms with van der Waals surface area (Å²) in [5, 5.41) is 3.86. The van der Waals surface area contributed by atoms with Crippen LogP contribution in [0.1, 0.15) is 16.2 Å². The third kappa shape index (κ3) is 2.06. The van der Waals surface area contributed by atoms with Crippen molar-refractivity contribution in [3.8, 4) is 22.9 Å². The van der Waals surface area contributed by atoms with Gasteiger partial charge in [0.2, 0.25) is 11.7 Å².